The van der Waals surface area contributed by atoms with Gasteiger partial charge in [-0.25, -0.2) is 4.98 Å². The summed E-state index contributed by atoms with van der Waals surface area (Å²) in [5.74, 6) is -0.0493. The first-order valence-electron chi connectivity index (χ1n) is 4.39. The Kier molecular flexibility index (Phi) is 3.12. The molecule has 2 rings (SSSR count). The van der Waals surface area contributed by atoms with Crippen LogP contribution in [0.4, 0.5) is 11.0 Å². The van der Waals surface area contributed by atoms with E-state index in [1.807, 2.05) is 0 Å². The highest BCUT2D eigenvalue weighted by Gasteiger charge is 2.11. The van der Waals surface area contributed by atoms with Gasteiger partial charge in [-0.15, -0.1) is 11.3 Å². The summed E-state index contributed by atoms with van der Waals surface area (Å²) < 4.78 is 4.93. The van der Waals surface area contributed by atoms with Gasteiger partial charge in [0.25, 0.3) is 0 Å². The second-order valence-corrected chi connectivity index (χ2v) is 4.29. The summed E-state index contributed by atoms with van der Waals surface area (Å²) in [6, 6.07) is 2.71. The third-order valence-electron chi connectivity index (χ3n) is 1.83. The fourth-order valence-electron chi connectivity index (χ4n) is 1.11. The van der Waals surface area contributed by atoms with Gasteiger partial charge in [0, 0.05) is 11.5 Å². The number of nitrogen functional groups attached to an aromatic ring is 1. The fourth-order valence-corrected chi connectivity index (χ4v) is 1.95. The van der Waals surface area contributed by atoms with Crippen molar-refractivity contribution < 1.29 is 9.34 Å². The minimum atomic E-state index is -0.619. The Morgan fingerprint density at radius 2 is 2.41 bits per heavy atom. The molecule has 17 heavy (non-hydrogen) atoms. The maximum Gasteiger partial charge on any atom is 0.433 e. The van der Waals surface area contributed by atoms with E-state index in [0.29, 0.717) is 15.9 Å². The number of rotatable bonds is 3. The van der Waals surface area contributed by atoms with Crippen molar-refractivity contribution in [3.8, 4) is 0 Å². The molecule has 0 atom stereocenters. The highest BCUT2D eigenvalue weighted by Crippen LogP contribution is 2.26. The van der Waals surface area contributed by atoms with Crippen molar-refractivity contribution in [1.29, 1.82) is 0 Å². The first-order chi connectivity index (χ1) is 8.06. The van der Waals surface area contributed by atoms with E-state index in [1.54, 1.807) is 5.38 Å². The lowest BCUT2D eigenvalue weighted by atomic mass is 10.3. The minimum Gasteiger partial charge on any atom is -0.401 e. The molecule has 0 bridgehead atoms. The van der Waals surface area contributed by atoms with Crippen LogP contribution in [0.15, 0.2) is 21.9 Å². The van der Waals surface area contributed by atoms with Gasteiger partial charge in [-0.2, -0.15) is 0 Å². The van der Waals surface area contributed by atoms with Crippen molar-refractivity contribution in [1.82, 2.24) is 4.98 Å². The number of nitrogens with zero attached hydrogens (tertiary/aromatic N) is 2. The average molecular weight is 272 g/mol. The Labute approximate surface area is 104 Å². The molecule has 0 aliphatic heterocycles. The van der Waals surface area contributed by atoms with Crippen LogP contribution in [-0.2, 0) is 0 Å². The monoisotopic (exact) mass is 271 g/mol. The van der Waals surface area contributed by atoms with E-state index in [-0.39, 0.29) is 11.6 Å². The molecule has 6 nitrogen and oxygen atoms in total. The van der Waals surface area contributed by atoms with E-state index in [9.17, 15) is 10.1 Å². The summed E-state index contributed by atoms with van der Waals surface area (Å²) in [5, 5.41) is 12.8. The quantitative estimate of drug-likeness (QED) is 0.684. The number of hydrogen-bond acceptors (Lipinski definition) is 6. The molecule has 0 aliphatic carbocycles. The Bertz CT molecular complexity index is 590. The van der Waals surface area contributed by atoms with E-state index in [4.69, 9.17) is 21.8 Å². The molecule has 0 radical (unpaired) electrons. The fraction of sp³-hybridized carbons (Fsp3) is 0. The summed E-state index contributed by atoms with van der Waals surface area (Å²) in [7, 11) is 0. The number of nitro groups is 1. The lowest BCUT2D eigenvalue weighted by molar-refractivity contribution is -0.402. The van der Waals surface area contributed by atoms with Gasteiger partial charge in [-0.1, -0.05) is 11.6 Å². The van der Waals surface area contributed by atoms with Crippen LogP contribution in [-0.4, -0.2) is 9.91 Å². The summed E-state index contributed by atoms with van der Waals surface area (Å²) >= 11 is 7.22. The first-order valence-corrected chi connectivity index (χ1v) is 5.65. The summed E-state index contributed by atoms with van der Waals surface area (Å²) in [5.41, 5.74) is 5.97. The molecule has 0 aliphatic rings. The van der Waals surface area contributed by atoms with Gasteiger partial charge >= 0.3 is 5.88 Å². The molecule has 2 aromatic heterocycles. The molecule has 0 saturated carbocycles. The number of nitrogens with two attached hydrogens (primary N) is 1. The van der Waals surface area contributed by atoms with E-state index < -0.39 is 4.92 Å². The lowest BCUT2D eigenvalue weighted by Crippen LogP contribution is -1.83. The molecular formula is C9H6ClN3O3S. The molecule has 0 amide bonds. The van der Waals surface area contributed by atoms with Crippen LogP contribution < -0.4 is 5.73 Å². The second kappa shape index (κ2) is 4.56. The summed E-state index contributed by atoms with van der Waals surface area (Å²) in [6.45, 7) is 0. The van der Waals surface area contributed by atoms with Gasteiger partial charge < -0.3 is 10.2 Å². The van der Waals surface area contributed by atoms with E-state index in [0.717, 1.165) is 0 Å². The molecule has 0 spiro atoms. The predicted molar refractivity (Wildman–Crippen MR) is 65.6 cm³/mol. The molecule has 2 N–H and O–H groups in total. The smallest absolute Gasteiger partial charge is 0.401 e. The Morgan fingerprint density at radius 3 is 2.94 bits per heavy atom. The van der Waals surface area contributed by atoms with Crippen molar-refractivity contribution in [3.05, 3.63) is 39.1 Å². The van der Waals surface area contributed by atoms with Gasteiger partial charge in [0.2, 0.25) is 0 Å². The first kappa shape index (κ1) is 11.6. The summed E-state index contributed by atoms with van der Waals surface area (Å²) in [6.07, 6.45) is 1.45. The van der Waals surface area contributed by atoms with Crippen molar-refractivity contribution in [2.24, 2.45) is 0 Å². The average Bonchev–Trinajstić information content (AvgIpc) is 2.86. The van der Waals surface area contributed by atoms with Crippen molar-refractivity contribution in [2.75, 3.05) is 5.73 Å². The maximum atomic E-state index is 10.4. The van der Waals surface area contributed by atoms with Gasteiger partial charge in [0.1, 0.15) is 10.7 Å². The lowest BCUT2D eigenvalue weighted by Gasteiger charge is -1.90. The molecule has 0 aromatic carbocycles. The predicted octanol–water partition coefficient (Wildman–Crippen LogP) is 2.96. The van der Waals surface area contributed by atoms with Crippen LogP contribution in [0.25, 0.3) is 11.1 Å². The van der Waals surface area contributed by atoms with Gasteiger partial charge in [0.05, 0.1) is 16.8 Å². The number of thiazole rings is 1. The maximum absolute atomic E-state index is 10.4. The Morgan fingerprint density at radius 1 is 1.65 bits per heavy atom. The number of furan rings is 1. The minimum absolute atomic E-state index is 0.285. The van der Waals surface area contributed by atoms with Crippen LogP contribution in [0, 0.1) is 10.1 Å². The van der Waals surface area contributed by atoms with Gasteiger partial charge in [-0.05, 0) is 6.07 Å². The largest absolute Gasteiger partial charge is 0.433 e. The Hall–Kier alpha value is -1.86. The number of hydrogen-bond donors (Lipinski definition) is 1. The number of halogens is 1. The van der Waals surface area contributed by atoms with Crippen LogP contribution >= 0.6 is 22.9 Å². The van der Waals surface area contributed by atoms with Crippen LogP contribution in [0.5, 0.6) is 0 Å². The molecule has 88 valence electrons. The van der Waals surface area contributed by atoms with Crippen molar-refractivity contribution >= 4 is 45.1 Å². The van der Waals surface area contributed by atoms with Gasteiger partial charge in [-0.3, -0.25) is 10.1 Å². The zero-order valence-electron chi connectivity index (χ0n) is 8.29. The third-order valence-corrected chi connectivity index (χ3v) is 2.80. The number of anilines is 1. The molecule has 0 fully saturated rings. The van der Waals surface area contributed by atoms with Crippen LogP contribution in [0.3, 0.4) is 0 Å². The standard InChI is InChI=1S/C9H6ClN3O3S/c10-6(7-4-17-9(11)12-7)3-5-1-2-8(16-5)13(14)15/h1-4H,(H2,11,12)/b6-3-. The normalized spacial score (nSPS) is 11.7. The van der Waals surface area contributed by atoms with E-state index >= 15 is 0 Å². The second-order valence-electron chi connectivity index (χ2n) is 3.00. The molecular weight excluding hydrogens is 266 g/mol. The third kappa shape index (κ3) is 2.63. The van der Waals surface area contributed by atoms with Crippen molar-refractivity contribution in [2.45, 2.75) is 0 Å². The molecule has 0 saturated heterocycles. The van der Waals surface area contributed by atoms with Crippen LogP contribution in [0.1, 0.15) is 11.5 Å². The molecule has 0 unspecified atom stereocenters. The van der Waals surface area contributed by atoms with E-state index in [1.165, 1.54) is 29.5 Å². The van der Waals surface area contributed by atoms with Crippen LogP contribution in [0.2, 0.25) is 0 Å². The molecule has 2 aromatic rings. The van der Waals surface area contributed by atoms with Crippen molar-refractivity contribution in [3.63, 3.8) is 0 Å². The van der Waals surface area contributed by atoms with Gasteiger partial charge in [0.15, 0.2) is 5.13 Å². The zero-order chi connectivity index (χ0) is 12.4. The van der Waals surface area contributed by atoms with E-state index in [2.05, 4.69) is 4.98 Å². The Balaban J connectivity index is 2.26. The highest BCUT2D eigenvalue weighted by molar-refractivity contribution is 7.13. The molecule has 2 heterocycles. The highest BCUT2D eigenvalue weighted by atomic mass is 35.5. The summed E-state index contributed by atoms with van der Waals surface area (Å²) in [4.78, 5) is 13.8. The molecule has 8 heteroatoms. The SMILES string of the molecule is Nc1nc(/C(Cl)=C/c2ccc([N+](=O)[O-])o2)cs1. The zero-order valence-corrected chi connectivity index (χ0v) is 9.86. The number of aromatic nitrogens is 1. The topological polar surface area (TPSA) is 95.2 Å².